The second kappa shape index (κ2) is 15.5. The number of hydrogen-bond donors (Lipinski definition) is 2. The molecule has 32 heavy (non-hydrogen) atoms. The number of hydrogen-bond acceptors (Lipinski definition) is 10. The average molecular weight is 461 g/mol. The maximum atomic E-state index is 12.0. The largest absolute Gasteiger partial charge is 0.480 e. The van der Waals surface area contributed by atoms with E-state index in [-0.39, 0.29) is 51.3 Å². The maximum Gasteiger partial charge on any atom is 0.320 e. The fourth-order valence-electron chi connectivity index (χ4n) is 3.37. The number of carboxylic acids is 2. The lowest BCUT2D eigenvalue weighted by molar-refractivity contribution is -0.145. The highest BCUT2D eigenvalue weighted by Gasteiger charge is 2.21. The van der Waals surface area contributed by atoms with Gasteiger partial charge in [-0.3, -0.25) is 38.8 Å². The Morgan fingerprint density at radius 2 is 0.812 bits per heavy atom. The van der Waals surface area contributed by atoms with E-state index in [1.807, 2.05) is 9.80 Å². The van der Waals surface area contributed by atoms with Gasteiger partial charge in [0.25, 0.3) is 0 Å². The Labute approximate surface area is 188 Å². The minimum atomic E-state index is -0.960. The van der Waals surface area contributed by atoms with E-state index >= 15 is 0 Å². The molecule has 1 rings (SSSR count). The summed E-state index contributed by atoms with van der Waals surface area (Å²) in [6.45, 7) is 7.03. The summed E-state index contributed by atoms with van der Waals surface area (Å²) in [6, 6.07) is 0. The second-order valence-corrected chi connectivity index (χ2v) is 7.50. The normalized spacial score (nSPS) is 18.3. The third-order valence-corrected chi connectivity index (χ3v) is 4.96. The van der Waals surface area contributed by atoms with Gasteiger partial charge in [-0.05, 0) is 13.8 Å². The van der Waals surface area contributed by atoms with Crippen molar-refractivity contribution in [2.24, 2.45) is 0 Å². The Morgan fingerprint density at radius 1 is 0.562 bits per heavy atom. The zero-order valence-corrected chi connectivity index (χ0v) is 19.0. The molecule has 184 valence electrons. The van der Waals surface area contributed by atoms with Crippen molar-refractivity contribution >= 4 is 23.9 Å². The van der Waals surface area contributed by atoms with Crippen LogP contribution in [0.15, 0.2) is 0 Å². The fourth-order valence-corrected chi connectivity index (χ4v) is 3.37. The van der Waals surface area contributed by atoms with Crippen LogP contribution in [0.25, 0.3) is 0 Å². The standard InChI is InChI=1S/C20H36N4O8/c1-3-31-19(29)15-23-9-5-21(13-17(25)26)7-11-24(16-20(30)32-4-2)12-8-22(6-10-23)14-18(27)28/h3-16H2,1-2H3,(H,25,26)(H,27,28). The Kier molecular flexibility index (Phi) is 13.5. The first-order chi connectivity index (χ1) is 15.2. The summed E-state index contributed by atoms with van der Waals surface area (Å²) in [6.07, 6.45) is 0. The average Bonchev–Trinajstić information content (AvgIpc) is 2.69. The van der Waals surface area contributed by atoms with Crippen LogP contribution in [0.2, 0.25) is 0 Å². The van der Waals surface area contributed by atoms with Crippen molar-refractivity contribution in [1.82, 2.24) is 19.6 Å². The molecule has 0 aromatic rings. The molecule has 0 saturated carbocycles. The summed E-state index contributed by atoms with van der Waals surface area (Å²) in [5.74, 6) is -2.68. The van der Waals surface area contributed by atoms with Crippen LogP contribution >= 0.6 is 0 Å². The van der Waals surface area contributed by atoms with E-state index in [4.69, 9.17) is 9.47 Å². The van der Waals surface area contributed by atoms with Crippen LogP contribution < -0.4 is 0 Å². The number of carbonyl (C=O) groups is 4. The number of aliphatic carboxylic acids is 2. The summed E-state index contributed by atoms with van der Waals surface area (Å²) in [4.78, 5) is 53.8. The molecule has 2 N–H and O–H groups in total. The molecule has 0 spiro atoms. The van der Waals surface area contributed by atoms with Gasteiger partial charge in [0, 0.05) is 52.4 Å². The number of nitrogens with zero attached hydrogens (tertiary/aromatic N) is 4. The van der Waals surface area contributed by atoms with E-state index in [1.54, 1.807) is 23.6 Å². The zero-order chi connectivity index (χ0) is 23.9. The van der Waals surface area contributed by atoms with Crippen molar-refractivity contribution in [3.63, 3.8) is 0 Å². The van der Waals surface area contributed by atoms with Crippen molar-refractivity contribution in [3.05, 3.63) is 0 Å². The molecular formula is C20H36N4O8. The van der Waals surface area contributed by atoms with Gasteiger partial charge in [0.15, 0.2) is 0 Å². The van der Waals surface area contributed by atoms with Crippen LogP contribution in [0.5, 0.6) is 0 Å². The maximum absolute atomic E-state index is 12.0. The van der Waals surface area contributed by atoms with Gasteiger partial charge in [0.1, 0.15) is 0 Å². The first-order valence-electron chi connectivity index (χ1n) is 10.9. The van der Waals surface area contributed by atoms with Crippen molar-refractivity contribution < 1.29 is 38.9 Å². The molecular weight excluding hydrogens is 424 g/mol. The lowest BCUT2D eigenvalue weighted by Gasteiger charge is -2.32. The van der Waals surface area contributed by atoms with Crippen molar-refractivity contribution in [1.29, 1.82) is 0 Å². The lowest BCUT2D eigenvalue weighted by atomic mass is 10.3. The van der Waals surface area contributed by atoms with E-state index in [0.717, 1.165) is 0 Å². The van der Waals surface area contributed by atoms with E-state index in [9.17, 15) is 29.4 Å². The van der Waals surface area contributed by atoms with Crippen molar-refractivity contribution in [3.8, 4) is 0 Å². The van der Waals surface area contributed by atoms with Crippen molar-refractivity contribution in [2.45, 2.75) is 13.8 Å². The Hall–Kier alpha value is -2.28. The minimum Gasteiger partial charge on any atom is -0.480 e. The third kappa shape index (κ3) is 12.5. The van der Waals surface area contributed by atoms with Gasteiger partial charge in [-0.1, -0.05) is 0 Å². The molecule has 0 aromatic heterocycles. The van der Waals surface area contributed by atoms with Gasteiger partial charge in [-0.2, -0.15) is 0 Å². The molecule has 1 heterocycles. The first-order valence-corrected chi connectivity index (χ1v) is 10.9. The van der Waals surface area contributed by atoms with Crippen LogP contribution in [0.3, 0.4) is 0 Å². The minimum absolute atomic E-state index is 0.0463. The number of carboxylic acid groups (broad SMARTS) is 2. The number of ether oxygens (including phenoxy) is 2. The lowest BCUT2D eigenvalue weighted by Crippen LogP contribution is -2.49. The summed E-state index contributed by atoms with van der Waals surface area (Å²) in [5.41, 5.74) is 0. The number of carbonyl (C=O) groups excluding carboxylic acids is 2. The smallest absolute Gasteiger partial charge is 0.320 e. The van der Waals surface area contributed by atoms with Gasteiger partial charge in [-0.15, -0.1) is 0 Å². The molecule has 1 saturated heterocycles. The summed E-state index contributed by atoms with van der Waals surface area (Å²) in [5, 5.41) is 18.5. The topological polar surface area (TPSA) is 140 Å². The van der Waals surface area contributed by atoms with E-state index in [1.165, 1.54) is 0 Å². The molecule has 1 aliphatic heterocycles. The highest BCUT2D eigenvalue weighted by Crippen LogP contribution is 2.02. The van der Waals surface area contributed by atoms with Crippen LogP contribution in [-0.4, -0.2) is 145 Å². The Morgan fingerprint density at radius 3 is 1.03 bits per heavy atom. The molecule has 12 nitrogen and oxygen atoms in total. The predicted molar refractivity (Wildman–Crippen MR) is 114 cm³/mol. The van der Waals surface area contributed by atoms with E-state index < -0.39 is 11.9 Å². The second-order valence-electron chi connectivity index (χ2n) is 7.50. The highest BCUT2D eigenvalue weighted by atomic mass is 16.5. The number of esters is 2. The van der Waals surface area contributed by atoms with Crippen LogP contribution in [0.1, 0.15) is 13.8 Å². The first kappa shape index (κ1) is 27.8. The van der Waals surface area contributed by atoms with Gasteiger partial charge in [0.05, 0.1) is 39.4 Å². The Bertz CT molecular complexity index is 550. The fraction of sp³-hybridized carbons (Fsp3) is 0.800. The molecule has 0 radical (unpaired) electrons. The molecule has 12 heteroatoms. The quantitative estimate of drug-likeness (QED) is 0.367. The Balaban J connectivity index is 2.94. The van der Waals surface area contributed by atoms with Gasteiger partial charge < -0.3 is 19.7 Å². The molecule has 1 aliphatic rings. The van der Waals surface area contributed by atoms with Gasteiger partial charge in [0.2, 0.25) is 0 Å². The number of rotatable bonds is 10. The van der Waals surface area contributed by atoms with Crippen LogP contribution in [0.4, 0.5) is 0 Å². The summed E-state index contributed by atoms with van der Waals surface area (Å²) in [7, 11) is 0. The summed E-state index contributed by atoms with van der Waals surface area (Å²) < 4.78 is 10.0. The third-order valence-electron chi connectivity index (χ3n) is 4.96. The molecule has 0 atom stereocenters. The predicted octanol–water partition coefficient (Wildman–Crippen LogP) is -1.50. The summed E-state index contributed by atoms with van der Waals surface area (Å²) >= 11 is 0. The monoisotopic (exact) mass is 460 g/mol. The van der Waals surface area contributed by atoms with E-state index in [0.29, 0.717) is 52.4 Å². The molecule has 0 bridgehead atoms. The molecule has 0 aromatic carbocycles. The van der Waals surface area contributed by atoms with Crippen LogP contribution in [-0.2, 0) is 28.7 Å². The zero-order valence-electron chi connectivity index (χ0n) is 19.0. The SMILES string of the molecule is CCOC(=O)CN1CCN(CC(=O)O)CCN(CC(=O)OCC)CCN(CC(=O)O)CC1. The van der Waals surface area contributed by atoms with Crippen molar-refractivity contribution in [2.75, 3.05) is 91.8 Å². The van der Waals surface area contributed by atoms with E-state index in [2.05, 4.69) is 0 Å². The molecule has 0 aliphatic carbocycles. The molecule has 0 amide bonds. The molecule has 1 fully saturated rings. The molecule has 0 unspecified atom stereocenters. The van der Waals surface area contributed by atoms with Gasteiger partial charge in [-0.25, -0.2) is 0 Å². The van der Waals surface area contributed by atoms with Crippen LogP contribution in [0, 0.1) is 0 Å². The van der Waals surface area contributed by atoms with Gasteiger partial charge >= 0.3 is 23.9 Å². The highest BCUT2D eigenvalue weighted by molar-refractivity contribution is 5.72.